The Kier molecular flexibility index (Phi) is 4.15. The third kappa shape index (κ3) is 3.30. The van der Waals surface area contributed by atoms with Crippen molar-refractivity contribution in [3.05, 3.63) is 47.5 Å². The molecular weight excluding hydrogens is 292 g/mol. The minimum atomic E-state index is -0.907. The molecule has 1 atom stereocenters. The van der Waals surface area contributed by atoms with Gasteiger partial charge < -0.3 is 14.7 Å². The Labute approximate surface area is 126 Å². The van der Waals surface area contributed by atoms with Crippen LogP contribution in [-0.2, 0) is 6.61 Å². The minimum Gasteiger partial charge on any atom is -0.472 e. The first kappa shape index (κ1) is 14.6. The monoisotopic (exact) mass is 307 g/mol. The lowest BCUT2D eigenvalue weighted by atomic mass is 10.2. The lowest BCUT2D eigenvalue weighted by molar-refractivity contribution is 0.198. The zero-order valence-electron chi connectivity index (χ0n) is 11.7. The molecule has 1 saturated heterocycles. The van der Waals surface area contributed by atoms with Crippen molar-refractivity contribution < 1.29 is 18.6 Å². The van der Waals surface area contributed by atoms with E-state index in [9.17, 15) is 13.9 Å². The maximum atomic E-state index is 13.1. The van der Waals surface area contributed by atoms with Crippen molar-refractivity contribution in [2.24, 2.45) is 0 Å². The molecule has 0 aliphatic carbocycles. The van der Waals surface area contributed by atoms with Gasteiger partial charge in [-0.3, -0.25) is 0 Å². The van der Waals surface area contributed by atoms with Gasteiger partial charge in [-0.05, 0) is 30.2 Å². The molecule has 116 valence electrons. The quantitative estimate of drug-likeness (QED) is 0.935. The van der Waals surface area contributed by atoms with Crippen LogP contribution in [0.15, 0.2) is 30.3 Å². The number of aliphatic hydroxyl groups excluding tert-OH is 1. The fraction of sp³-hybridized carbons (Fsp3) is 0.333. The molecule has 22 heavy (non-hydrogen) atoms. The van der Waals surface area contributed by atoms with Crippen molar-refractivity contribution in [1.29, 1.82) is 0 Å². The van der Waals surface area contributed by atoms with Crippen molar-refractivity contribution in [1.82, 2.24) is 10.2 Å². The molecule has 7 heteroatoms. The van der Waals surface area contributed by atoms with Crippen LogP contribution in [0.3, 0.4) is 0 Å². The maximum Gasteiger partial charge on any atom is 0.233 e. The summed E-state index contributed by atoms with van der Waals surface area (Å²) in [7, 11) is 0. The highest BCUT2D eigenvalue weighted by Crippen LogP contribution is 2.19. The molecule has 0 bridgehead atoms. The molecular formula is C15H15F2N3O2. The van der Waals surface area contributed by atoms with Gasteiger partial charge in [0.1, 0.15) is 6.61 Å². The number of halogens is 2. The first-order valence-electron chi connectivity index (χ1n) is 6.95. The van der Waals surface area contributed by atoms with Gasteiger partial charge in [-0.25, -0.2) is 8.78 Å². The highest BCUT2D eigenvalue weighted by molar-refractivity contribution is 5.39. The Morgan fingerprint density at radius 1 is 1.18 bits per heavy atom. The van der Waals surface area contributed by atoms with E-state index in [0.717, 1.165) is 25.1 Å². The molecule has 1 aliphatic rings. The van der Waals surface area contributed by atoms with Gasteiger partial charge in [0, 0.05) is 19.2 Å². The van der Waals surface area contributed by atoms with E-state index in [4.69, 9.17) is 4.74 Å². The fourth-order valence-corrected chi connectivity index (χ4v) is 2.30. The molecule has 0 amide bonds. The Bertz CT molecular complexity index is 652. The number of anilines is 1. The van der Waals surface area contributed by atoms with Gasteiger partial charge >= 0.3 is 0 Å². The third-order valence-corrected chi connectivity index (χ3v) is 3.48. The molecule has 0 saturated carbocycles. The van der Waals surface area contributed by atoms with Crippen molar-refractivity contribution in [2.75, 3.05) is 18.0 Å². The summed E-state index contributed by atoms with van der Waals surface area (Å²) >= 11 is 0. The van der Waals surface area contributed by atoms with Crippen LogP contribution in [0, 0.1) is 11.6 Å². The molecule has 0 unspecified atom stereocenters. The van der Waals surface area contributed by atoms with Crippen molar-refractivity contribution in [3.8, 4) is 5.88 Å². The summed E-state index contributed by atoms with van der Waals surface area (Å²) < 4.78 is 31.3. The van der Waals surface area contributed by atoms with Crippen LogP contribution in [0.2, 0.25) is 0 Å². The van der Waals surface area contributed by atoms with Crippen molar-refractivity contribution in [2.45, 2.75) is 19.1 Å². The predicted molar refractivity (Wildman–Crippen MR) is 75.6 cm³/mol. The summed E-state index contributed by atoms with van der Waals surface area (Å²) in [5.74, 6) is -0.819. The Hall–Kier alpha value is -2.28. The van der Waals surface area contributed by atoms with Crippen LogP contribution >= 0.6 is 0 Å². The standard InChI is InChI=1S/C15H15F2N3O2/c16-12-2-1-10(7-13(12)17)9-22-15-4-3-14(18-19-15)20-6-5-11(21)8-20/h1-4,7,11,21H,5-6,8-9H2/t11-/m1/s1. The third-order valence-electron chi connectivity index (χ3n) is 3.48. The number of aromatic nitrogens is 2. The van der Waals surface area contributed by atoms with E-state index in [1.807, 2.05) is 4.90 Å². The van der Waals surface area contributed by atoms with Crippen LogP contribution in [0.5, 0.6) is 5.88 Å². The second-order valence-electron chi connectivity index (χ2n) is 5.16. The maximum absolute atomic E-state index is 13.1. The second kappa shape index (κ2) is 6.23. The van der Waals surface area contributed by atoms with Gasteiger partial charge in [0.05, 0.1) is 6.10 Å². The smallest absolute Gasteiger partial charge is 0.233 e. The average Bonchev–Trinajstić information content (AvgIpc) is 2.95. The van der Waals surface area contributed by atoms with E-state index in [0.29, 0.717) is 23.8 Å². The molecule has 1 aromatic heterocycles. The second-order valence-corrected chi connectivity index (χ2v) is 5.16. The van der Waals surface area contributed by atoms with E-state index in [1.54, 1.807) is 12.1 Å². The molecule has 5 nitrogen and oxygen atoms in total. The van der Waals surface area contributed by atoms with E-state index in [1.165, 1.54) is 6.07 Å². The van der Waals surface area contributed by atoms with Gasteiger partial charge in [0.2, 0.25) is 5.88 Å². The summed E-state index contributed by atoms with van der Waals surface area (Å²) in [5.41, 5.74) is 0.507. The number of nitrogens with zero attached hydrogens (tertiary/aromatic N) is 3. The van der Waals surface area contributed by atoms with Crippen molar-refractivity contribution in [3.63, 3.8) is 0 Å². The minimum absolute atomic E-state index is 0.0770. The Balaban J connectivity index is 1.60. The van der Waals surface area contributed by atoms with Gasteiger partial charge in [0.25, 0.3) is 0 Å². The normalized spacial score (nSPS) is 17.8. The molecule has 1 N–H and O–H groups in total. The van der Waals surface area contributed by atoms with E-state index in [2.05, 4.69) is 10.2 Å². The van der Waals surface area contributed by atoms with Crippen LogP contribution in [0.25, 0.3) is 0 Å². The van der Waals surface area contributed by atoms with Crippen molar-refractivity contribution >= 4 is 5.82 Å². The van der Waals surface area contributed by atoms with Gasteiger partial charge in [0.15, 0.2) is 17.5 Å². The van der Waals surface area contributed by atoms with Gasteiger partial charge in [-0.1, -0.05) is 6.07 Å². The van der Waals surface area contributed by atoms with Crippen LogP contribution in [-0.4, -0.2) is 34.5 Å². The number of ether oxygens (including phenoxy) is 1. The summed E-state index contributed by atoms with van der Waals surface area (Å²) in [5, 5.41) is 17.5. The molecule has 1 aromatic carbocycles. The number of hydrogen-bond donors (Lipinski definition) is 1. The highest BCUT2D eigenvalue weighted by Gasteiger charge is 2.21. The summed E-state index contributed by atoms with van der Waals surface area (Å²) in [6, 6.07) is 7.01. The average molecular weight is 307 g/mol. The zero-order valence-corrected chi connectivity index (χ0v) is 11.7. The van der Waals surface area contributed by atoms with E-state index in [-0.39, 0.29) is 12.7 Å². The molecule has 0 spiro atoms. The Morgan fingerprint density at radius 2 is 2.05 bits per heavy atom. The number of β-amino-alcohol motifs (C(OH)–C–C–N with tert-alkyl or cyclic N) is 1. The summed E-state index contributed by atoms with van der Waals surface area (Å²) in [4.78, 5) is 1.94. The predicted octanol–water partition coefficient (Wildman–Crippen LogP) is 1.90. The Morgan fingerprint density at radius 3 is 2.68 bits per heavy atom. The number of rotatable bonds is 4. The lowest BCUT2D eigenvalue weighted by Crippen LogP contribution is -2.22. The molecule has 1 fully saturated rings. The first-order valence-corrected chi connectivity index (χ1v) is 6.95. The molecule has 2 heterocycles. The van der Waals surface area contributed by atoms with E-state index < -0.39 is 11.6 Å². The van der Waals surface area contributed by atoms with E-state index >= 15 is 0 Å². The lowest BCUT2D eigenvalue weighted by Gasteiger charge is -2.15. The van der Waals surface area contributed by atoms with Gasteiger partial charge in [-0.15, -0.1) is 10.2 Å². The molecule has 1 aliphatic heterocycles. The summed E-state index contributed by atoms with van der Waals surface area (Å²) in [6.45, 7) is 1.36. The first-order chi connectivity index (χ1) is 10.6. The SMILES string of the molecule is O[C@@H]1CCN(c2ccc(OCc3ccc(F)c(F)c3)nn2)C1. The molecule has 2 aromatic rings. The molecule has 3 rings (SSSR count). The van der Waals surface area contributed by atoms with Crippen LogP contribution in [0.4, 0.5) is 14.6 Å². The topological polar surface area (TPSA) is 58.5 Å². The van der Waals surface area contributed by atoms with Crippen LogP contribution < -0.4 is 9.64 Å². The van der Waals surface area contributed by atoms with Crippen LogP contribution in [0.1, 0.15) is 12.0 Å². The number of benzene rings is 1. The largest absolute Gasteiger partial charge is 0.472 e. The zero-order chi connectivity index (χ0) is 15.5. The number of aliphatic hydroxyl groups is 1. The van der Waals surface area contributed by atoms with Gasteiger partial charge in [-0.2, -0.15) is 0 Å². The fourth-order valence-electron chi connectivity index (χ4n) is 2.30. The molecule has 0 radical (unpaired) electrons. The highest BCUT2D eigenvalue weighted by atomic mass is 19.2. The number of hydrogen-bond acceptors (Lipinski definition) is 5. The summed E-state index contributed by atoms with van der Waals surface area (Å²) in [6.07, 6.45) is 0.391.